The lowest BCUT2D eigenvalue weighted by molar-refractivity contribution is 0.524. The highest BCUT2D eigenvalue weighted by molar-refractivity contribution is 5.16. The molecule has 0 unspecified atom stereocenters. The summed E-state index contributed by atoms with van der Waals surface area (Å²) in [5, 5.41) is 0. The molecule has 0 atom stereocenters. The van der Waals surface area contributed by atoms with Gasteiger partial charge in [0.15, 0.2) is 0 Å². The fraction of sp³-hybridized carbons (Fsp3) is 0.556. The van der Waals surface area contributed by atoms with E-state index < -0.39 is 0 Å². The van der Waals surface area contributed by atoms with Gasteiger partial charge in [0.2, 0.25) is 0 Å². The molecule has 0 aromatic carbocycles. The van der Waals surface area contributed by atoms with Gasteiger partial charge in [-0.05, 0) is 38.3 Å². The van der Waals surface area contributed by atoms with Crippen molar-refractivity contribution in [2.24, 2.45) is 0 Å². The van der Waals surface area contributed by atoms with E-state index in [2.05, 4.69) is 23.6 Å². The summed E-state index contributed by atoms with van der Waals surface area (Å²) < 4.78 is 2.43. The van der Waals surface area contributed by atoms with Crippen LogP contribution in [0.15, 0.2) is 12.1 Å². The minimum atomic E-state index is 1.24. The molecule has 2 rings (SSSR count). The summed E-state index contributed by atoms with van der Waals surface area (Å²) in [6.07, 6.45) is 4.03. The van der Waals surface area contributed by atoms with Crippen molar-refractivity contribution in [2.75, 3.05) is 0 Å². The third-order valence-corrected chi connectivity index (χ3v) is 2.35. The lowest BCUT2D eigenvalue weighted by Crippen LogP contribution is -2.10. The van der Waals surface area contributed by atoms with Gasteiger partial charge in [-0.15, -0.1) is 0 Å². The number of nitrogens with zero attached hydrogens (tertiary/aromatic N) is 1. The Hall–Kier alpha value is -0.720. The van der Waals surface area contributed by atoms with Crippen LogP contribution < -0.4 is 0 Å². The van der Waals surface area contributed by atoms with Crippen LogP contribution in [0.4, 0.5) is 0 Å². The Morgan fingerprint density at radius 3 is 3.00 bits per heavy atom. The van der Waals surface area contributed by atoms with Crippen LogP contribution in [0.1, 0.15) is 24.2 Å². The van der Waals surface area contributed by atoms with Crippen LogP contribution in [0.2, 0.25) is 0 Å². The Balaban J connectivity index is 2.45. The smallest absolute Gasteiger partial charge is 0.0224 e. The van der Waals surface area contributed by atoms with E-state index in [4.69, 9.17) is 0 Å². The molecule has 54 valence electrons. The topological polar surface area (TPSA) is 4.93 Å². The summed E-state index contributed by atoms with van der Waals surface area (Å²) in [6.45, 7) is 3.43. The normalized spacial score (nSPS) is 16.9. The minimum Gasteiger partial charge on any atom is -0.349 e. The van der Waals surface area contributed by atoms with Crippen molar-refractivity contribution in [3.05, 3.63) is 23.5 Å². The molecule has 1 nitrogen and oxygen atoms in total. The van der Waals surface area contributed by atoms with Gasteiger partial charge in [-0.2, -0.15) is 0 Å². The highest BCUT2D eigenvalue weighted by Crippen LogP contribution is 2.17. The van der Waals surface area contributed by atoms with Crippen LogP contribution >= 0.6 is 0 Å². The van der Waals surface area contributed by atoms with Crippen LogP contribution in [-0.4, -0.2) is 4.57 Å². The molecule has 0 fully saturated rings. The van der Waals surface area contributed by atoms with Gasteiger partial charge in [0.05, 0.1) is 0 Å². The van der Waals surface area contributed by atoms with E-state index in [1.54, 1.807) is 0 Å². The fourth-order valence-corrected chi connectivity index (χ4v) is 1.74. The predicted molar refractivity (Wildman–Crippen MR) is 42.1 cm³/mol. The molecule has 0 aliphatic carbocycles. The standard InChI is InChI=1S/C9H13N/c1-8-5-6-9-4-2-3-7-10(8)9/h5-6H,2-4,7H2,1H3. The first-order chi connectivity index (χ1) is 4.88. The first kappa shape index (κ1) is 6.02. The van der Waals surface area contributed by atoms with Crippen LogP contribution in [-0.2, 0) is 13.0 Å². The molecule has 1 aromatic heterocycles. The van der Waals surface area contributed by atoms with Crippen molar-refractivity contribution in [1.29, 1.82) is 0 Å². The maximum atomic E-state index is 2.43. The van der Waals surface area contributed by atoms with Gasteiger partial charge in [0.25, 0.3) is 0 Å². The SMILES string of the molecule is Cc1ccc2n1CCCC2. The highest BCUT2D eigenvalue weighted by Gasteiger charge is 2.08. The molecule has 0 saturated carbocycles. The van der Waals surface area contributed by atoms with Crippen molar-refractivity contribution in [2.45, 2.75) is 32.7 Å². The Labute approximate surface area is 61.7 Å². The number of hydrogen-bond acceptors (Lipinski definition) is 0. The number of rotatable bonds is 0. The third kappa shape index (κ3) is 0.772. The lowest BCUT2D eigenvalue weighted by Gasteiger charge is -2.16. The molecule has 0 amide bonds. The van der Waals surface area contributed by atoms with E-state index in [-0.39, 0.29) is 0 Å². The summed E-state index contributed by atoms with van der Waals surface area (Å²) >= 11 is 0. The van der Waals surface area contributed by atoms with E-state index in [1.807, 2.05) is 0 Å². The molecule has 0 N–H and O–H groups in total. The molecule has 0 bridgehead atoms. The molecule has 2 heterocycles. The van der Waals surface area contributed by atoms with Gasteiger partial charge in [0, 0.05) is 17.9 Å². The second-order valence-electron chi connectivity index (χ2n) is 3.07. The van der Waals surface area contributed by atoms with Crippen LogP contribution in [0.3, 0.4) is 0 Å². The van der Waals surface area contributed by atoms with Gasteiger partial charge in [-0.3, -0.25) is 0 Å². The maximum absolute atomic E-state index is 2.43. The molecule has 1 aliphatic rings. The quantitative estimate of drug-likeness (QED) is 0.513. The fourth-order valence-electron chi connectivity index (χ4n) is 1.74. The number of hydrogen-bond donors (Lipinski definition) is 0. The zero-order chi connectivity index (χ0) is 6.97. The van der Waals surface area contributed by atoms with E-state index in [9.17, 15) is 0 Å². The second kappa shape index (κ2) is 2.15. The summed E-state index contributed by atoms with van der Waals surface area (Å²) in [6, 6.07) is 4.48. The van der Waals surface area contributed by atoms with Crippen molar-refractivity contribution in [3.63, 3.8) is 0 Å². The van der Waals surface area contributed by atoms with Crippen molar-refractivity contribution in [1.82, 2.24) is 4.57 Å². The average Bonchev–Trinajstić information content (AvgIpc) is 2.34. The maximum Gasteiger partial charge on any atom is 0.0224 e. The Kier molecular flexibility index (Phi) is 1.30. The Morgan fingerprint density at radius 2 is 2.20 bits per heavy atom. The molecular formula is C9H13N. The monoisotopic (exact) mass is 135 g/mol. The molecule has 0 spiro atoms. The molecule has 1 aliphatic heterocycles. The van der Waals surface area contributed by atoms with Gasteiger partial charge in [0.1, 0.15) is 0 Å². The summed E-state index contributed by atoms with van der Waals surface area (Å²) in [4.78, 5) is 0. The van der Waals surface area contributed by atoms with Crippen LogP contribution in [0, 0.1) is 6.92 Å². The van der Waals surface area contributed by atoms with Gasteiger partial charge < -0.3 is 4.57 Å². The zero-order valence-electron chi connectivity index (χ0n) is 6.43. The molecule has 1 aromatic rings. The predicted octanol–water partition coefficient (Wildman–Crippen LogP) is 2.13. The van der Waals surface area contributed by atoms with E-state index >= 15 is 0 Å². The van der Waals surface area contributed by atoms with Crippen LogP contribution in [0.5, 0.6) is 0 Å². The highest BCUT2D eigenvalue weighted by atomic mass is 15.0. The zero-order valence-corrected chi connectivity index (χ0v) is 6.43. The molecular weight excluding hydrogens is 122 g/mol. The largest absolute Gasteiger partial charge is 0.349 e. The number of aryl methyl sites for hydroxylation is 2. The Morgan fingerprint density at radius 1 is 1.30 bits per heavy atom. The first-order valence-corrected chi connectivity index (χ1v) is 4.03. The molecule has 0 radical (unpaired) electrons. The van der Waals surface area contributed by atoms with E-state index in [1.165, 1.54) is 37.2 Å². The van der Waals surface area contributed by atoms with Crippen molar-refractivity contribution >= 4 is 0 Å². The van der Waals surface area contributed by atoms with Crippen molar-refractivity contribution in [3.8, 4) is 0 Å². The average molecular weight is 135 g/mol. The van der Waals surface area contributed by atoms with Gasteiger partial charge in [-0.1, -0.05) is 0 Å². The molecule has 1 heteroatoms. The number of fused-ring (bicyclic) bond motifs is 1. The van der Waals surface area contributed by atoms with E-state index in [0.717, 1.165) is 0 Å². The number of aromatic nitrogens is 1. The first-order valence-electron chi connectivity index (χ1n) is 4.03. The second-order valence-corrected chi connectivity index (χ2v) is 3.07. The van der Waals surface area contributed by atoms with Gasteiger partial charge in [-0.25, -0.2) is 0 Å². The van der Waals surface area contributed by atoms with Gasteiger partial charge >= 0.3 is 0 Å². The molecule has 0 saturated heterocycles. The summed E-state index contributed by atoms with van der Waals surface area (Å²) in [5.74, 6) is 0. The van der Waals surface area contributed by atoms with Crippen molar-refractivity contribution < 1.29 is 0 Å². The third-order valence-electron chi connectivity index (χ3n) is 2.35. The lowest BCUT2D eigenvalue weighted by atomic mass is 10.1. The van der Waals surface area contributed by atoms with E-state index in [0.29, 0.717) is 0 Å². The van der Waals surface area contributed by atoms with Crippen LogP contribution in [0.25, 0.3) is 0 Å². The summed E-state index contributed by atoms with van der Waals surface area (Å²) in [5.41, 5.74) is 2.96. The molecule has 10 heavy (non-hydrogen) atoms. The Bertz CT molecular complexity index is 235. The minimum absolute atomic E-state index is 1.24. The summed E-state index contributed by atoms with van der Waals surface area (Å²) in [7, 11) is 0.